The molecule has 1 aliphatic heterocycles. The van der Waals surface area contributed by atoms with Gasteiger partial charge in [-0.25, -0.2) is 13.2 Å². The quantitative estimate of drug-likeness (QED) is 0.421. The molecule has 1 aliphatic carbocycles. The molecule has 40 heavy (non-hydrogen) atoms. The lowest BCUT2D eigenvalue weighted by molar-refractivity contribution is -0.132. The fourth-order valence-electron chi connectivity index (χ4n) is 5.59. The van der Waals surface area contributed by atoms with Gasteiger partial charge in [0.15, 0.2) is 5.60 Å². The summed E-state index contributed by atoms with van der Waals surface area (Å²) in [5.74, 6) is -1.83. The van der Waals surface area contributed by atoms with Crippen molar-refractivity contribution in [3.63, 3.8) is 0 Å². The fraction of sp³-hybridized carbons (Fsp3) is 0.357. The van der Waals surface area contributed by atoms with Crippen LogP contribution < -0.4 is 15.0 Å². The zero-order chi connectivity index (χ0) is 28.6. The molecular formula is C28H26ClF3N4O4. The minimum atomic E-state index is -2.93. The number of ether oxygens (including phenoxy) is 1. The van der Waals surface area contributed by atoms with E-state index in [1.54, 1.807) is 18.2 Å². The van der Waals surface area contributed by atoms with Gasteiger partial charge in [-0.05, 0) is 49.8 Å². The van der Waals surface area contributed by atoms with Crippen LogP contribution in [0.5, 0.6) is 5.75 Å². The number of aromatic nitrogens is 2. The van der Waals surface area contributed by atoms with E-state index in [1.165, 1.54) is 30.3 Å². The van der Waals surface area contributed by atoms with Crippen molar-refractivity contribution in [2.75, 3.05) is 18.6 Å². The molecule has 1 saturated carbocycles. The van der Waals surface area contributed by atoms with E-state index in [4.69, 9.17) is 16.3 Å². The topological polar surface area (TPSA) is 105 Å². The first kappa shape index (κ1) is 27.9. The van der Waals surface area contributed by atoms with E-state index in [9.17, 15) is 27.9 Å². The van der Waals surface area contributed by atoms with E-state index < -0.39 is 35.4 Å². The highest BCUT2D eigenvalue weighted by Gasteiger charge is 2.54. The zero-order valence-corrected chi connectivity index (χ0v) is 22.2. The van der Waals surface area contributed by atoms with Gasteiger partial charge in [0.25, 0.3) is 18.2 Å². The first-order valence-corrected chi connectivity index (χ1v) is 13.1. The van der Waals surface area contributed by atoms with E-state index >= 15 is 0 Å². The van der Waals surface area contributed by atoms with Gasteiger partial charge in [-0.15, -0.1) is 0 Å². The molecule has 1 atom stereocenters. The molecule has 0 radical (unpaired) electrons. The van der Waals surface area contributed by atoms with Crippen molar-refractivity contribution >= 4 is 29.1 Å². The van der Waals surface area contributed by atoms with Crippen molar-refractivity contribution < 1.29 is 32.6 Å². The van der Waals surface area contributed by atoms with Crippen molar-refractivity contribution in [1.29, 1.82) is 0 Å². The summed E-state index contributed by atoms with van der Waals surface area (Å²) in [6, 6.07) is 7.04. The molecular weight excluding hydrogens is 549 g/mol. The molecule has 0 bridgehead atoms. The lowest BCUT2D eigenvalue weighted by atomic mass is 9.85. The van der Waals surface area contributed by atoms with Gasteiger partial charge in [-0.2, -0.15) is 0 Å². The summed E-state index contributed by atoms with van der Waals surface area (Å²) in [7, 11) is 1.45. The van der Waals surface area contributed by atoms with Gasteiger partial charge in [0.05, 0.1) is 29.6 Å². The van der Waals surface area contributed by atoms with Gasteiger partial charge in [0.1, 0.15) is 17.3 Å². The Kier molecular flexibility index (Phi) is 7.70. The molecule has 1 fully saturated rings. The van der Waals surface area contributed by atoms with E-state index in [2.05, 4.69) is 15.3 Å². The van der Waals surface area contributed by atoms with Crippen LogP contribution in [-0.4, -0.2) is 46.6 Å². The number of hydrogen-bond donors (Lipinski definition) is 2. The number of benzene rings is 1. The molecule has 12 heteroatoms. The Hall–Kier alpha value is -3.70. The van der Waals surface area contributed by atoms with Crippen LogP contribution in [0.1, 0.15) is 59.3 Å². The van der Waals surface area contributed by atoms with Crippen LogP contribution in [0, 0.1) is 11.7 Å². The van der Waals surface area contributed by atoms with Crippen LogP contribution in [0.4, 0.5) is 18.9 Å². The summed E-state index contributed by atoms with van der Waals surface area (Å²) in [6.07, 6.45) is 2.70. The average molecular weight is 575 g/mol. The summed E-state index contributed by atoms with van der Waals surface area (Å²) in [4.78, 5) is 35.3. The maximum atomic E-state index is 14.8. The highest BCUT2D eigenvalue weighted by molar-refractivity contribution is 6.30. The molecule has 3 heterocycles. The monoisotopic (exact) mass is 574 g/mol. The molecule has 0 saturated heterocycles. The Bertz CT molecular complexity index is 1450. The zero-order valence-electron chi connectivity index (χ0n) is 21.4. The SMILES string of the molecule is COc1cccc2c1N(C[C@H]1CC[C@H](NC(=O)c3cc(Cl)cnc3C(F)F)CC1)C(=O)C2(O)c1ccncc1F. The summed E-state index contributed by atoms with van der Waals surface area (Å²) in [5, 5.41) is 14.6. The lowest BCUT2D eigenvalue weighted by Crippen LogP contribution is -2.45. The van der Waals surface area contributed by atoms with E-state index in [0.29, 0.717) is 37.1 Å². The molecule has 3 aromatic rings. The number of nitrogens with zero attached hydrogens (tertiary/aromatic N) is 3. The maximum Gasteiger partial charge on any atom is 0.281 e. The second-order valence-electron chi connectivity index (χ2n) is 9.92. The molecule has 2 amide bonds. The number of amides is 2. The number of anilines is 1. The first-order chi connectivity index (χ1) is 19.1. The number of nitrogens with one attached hydrogen (secondary N) is 1. The van der Waals surface area contributed by atoms with Crippen LogP contribution in [0.2, 0.25) is 5.02 Å². The second kappa shape index (κ2) is 11.1. The number of carbonyl (C=O) groups is 2. The molecule has 210 valence electrons. The van der Waals surface area contributed by atoms with Crippen molar-refractivity contribution in [1.82, 2.24) is 15.3 Å². The molecule has 0 spiro atoms. The predicted molar refractivity (Wildman–Crippen MR) is 140 cm³/mol. The Labute approximate surface area is 233 Å². The molecule has 1 aromatic carbocycles. The van der Waals surface area contributed by atoms with E-state index in [0.717, 1.165) is 12.4 Å². The number of hydrogen-bond acceptors (Lipinski definition) is 6. The standard InChI is InChI=1S/C28H26ClF3N4O4/c1-40-22-4-2-3-20-24(22)36(27(38)28(20,39)19-9-10-33-13-21(19)30)14-15-5-7-17(8-6-15)35-26(37)18-11-16(29)12-34-23(18)25(31)32/h2-4,9-13,15,17,25,39H,5-8,14H2,1H3,(H,35,37)/t15-,17-,28?. The molecule has 2 N–H and O–H groups in total. The summed E-state index contributed by atoms with van der Waals surface area (Å²) >= 11 is 5.88. The molecule has 8 nitrogen and oxygen atoms in total. The third kappa shape index (κ3) is 4.88. The van der Waals surface area contributed by atoms with E-state index in [1.807, 2.05) is 0 Å². The fourth-order valence-corrected chi connectivity index (χ4v) is 5.75. The van der Waals surface area contributed by atoms with Gasteiger partial charge in [0, 0.05) is 36.1 Å². The number of carbonyl (C=O) groups excluding carboxylic acids is 2. The number of methoxy groups -OCH3 is 1. The average Bonchev–Trinajstić information content (AvgIpc) is 3.16. The number of para-hydroxylation sites is 1. The van der Waals surface area contributed by atoms with Crippen molar-refractivity contribution in [3.05, 3.63) is 82.1 Å². The van der Waals surface area contributed by atoms with Gasteiger partial charge < -0.3 is 20.1 Å². The van der Waals surface area contributed by atoms with Crippen molar-refractivity contribution in [2.24, 2.45) is 5.92 Å². The van der Waals surface area contributed by atoms with Crippen LogP contribution >= 0.6 is 11.6 Å². The largest absolute Gasteiger partial charge is 0.495 e. The van der Waals surface area contributed by atoms with Gasteiger partial charge in [-0.3, -0.25) is 19.6 Å². The molecule has 1 unspecified atom stereocenters. The van der Waals surface area contributed by atoms with E-state index in [-0.39, 0.29) is 40.2 Å². The number of fused-ring (bicyclic) bond motifs is 1. The maximum absolute atomic E-state index is 14.8. The smallest absolute Gasteiger partial charge is 0.281 e. The van der Waals surface area contributed by atoms with Crippen LogP contribution in [-0.2, 0) is 10.4 Å². The minimum absolute atomic E-state index is 0.0102. The molecule has 2 aliphatic rings. The first-order valence-electron chi connectivity index (χ1n) is 12.7. The summed E-state index contributed by atoms with van der Waals surface area (Å²) < 4.78 is 47.0. The number of rotatable bonds is 7. The van der Waals surface area contributed by atoms with Gasteiger partial charge in [0.2, 0.25) is 0 Å². The van der Waals surface area contributed by atoms with Crippen LogP contribution in [0.15, 0.2) is 48.9 Å². The highest BCUT2D eigenvalue weighted by Crippen LogP contribution is 2.49. The van der Waals surface area contributed by atoms with Gasteiger partial charge in [-0.1, -0.05) is 23.7 Å². The van der Waals surface area contributed by atoms with Crippen molar-refractivity contribution in [3.8, 4) is 5.75 Å². The Morgan fingerprint density at radius 2 is 1.98 bits per heavy atom. The Morgan fingerprint density at radius 3 is 2.65 bits per heavy atom. The highest BCUT2D eigenvalue weighted by atomic mass is 35.5. The minimum Gasteiger partial charge on any atom is -0.495 e. The van der Waals surface area contributed by atoms with Crippen LogP contribution in [0.25, 0.3) is 0 Å². The second-order valence-corrected chi connectivity index (χ2v) is 10.4. The normalized spacial score (nSPS) is 22.4. The third-order valence-corrected chi connectivity index (χ3v) is 7.76. The Morgan fingerprint density at radius 1 is 1.23 bits per heavy atom. The predicted octanol–water partition coefficient (Wildman–Crippen LogP) is 4.79. The molecule has 5 rings (SSSR count). The number of halogens is 4. The summed E-state index contributed by atoms with van der Waals surface area (Å²) in [6.45, 7) is 0.232. The van der Waals surface area contributed by atoms with Crippen molar-refractivity contribution in [2.45, 2.75) is 43.8 Å². The number of aliphatic hydroxyl groups is 1. The summed E-state index contributed by atoms with van der Waals surface area (Å²) in [5.41, 5.74) is -2.76. The molecule has 2 aromatic heterocycles. The third-order valence-electron chi connectivity index (χ3n) is 7.55. The van der Waals surface area contributed by atoms with Gasteiger partial charge >= 0.3 is 0 Å². The number of pyridine rings is 2. The Balaban J connectivity index is 1.32. The lowest BCUT2D eigenvalue weighted by Gasteiger charge is -2.32. The number of alkyl halides is 2. The van der Waals surface area contributed by atoms with Crippen LogP contribution in [0.3, 0.4) is 0 Å².